The fourth-order valence-electron chi connectivity index (χ4n) is 2.16. The van der Waals surface area contributed by atoms with Crippen LogP contribution in [0.2, 0.25) is 0 Å². The lowest BCUT2D eigenvalue weighted by Gasteiger charge is -2.12. The van der Waals surface area contributed by atoms with E-state index in [1.807, 2.05) is 0 Å². The van der Waals surface area contributed by atoms with Crippen LogP contribution in [0, 0.1) is 0 Å². The molecule has 0 bridgehead atoms. The van der Waals surface area contributed by atoms with Crippen molar-refractivity contribution in [1.29, 1.82) is 0 Å². The molecule has 0 aliphatic carbocycles. The van der Waals surface area contributed by atoms with E-state index in [4.69, 9.17) is 5.11 Å². The Labute approximate surface area is 117 Å². The molecule has 0 radical (unpaired) electrons. The molecule has 0 aromatic heterocycles. The molecule has 0 aromatic carbocycles. The summed E-state index contributed by atoms with van der Waals surface area (Å²) in [6, 6.07) is -0.720. The van der Waals surface area contributed by atoms with Crippen molar-refractivity contribution in [2.24, 2.45) is 0 Å². The predicted octanol–water partition coefficient (Wildman–Crippen LogP) is 3.50. The van der Waals surface area contributed by atoms with Gasteiger partial charge in [0.2, 0.25) is 5.91 Å². The second-order valence-corrected chi connectivity index (χ2v) is 5.21. The maximum absolute atomic E-state index is 10.9. The van der Waals surface area contributed by atoms with E-state index in [2.05, 4.69) is 12.2 Å². The van der Waals surface area contributed by atoms with Crippen LogP contribution in [0.5, 0.6) is 0 Å². The minimum atomic E-state index is -0.935. The van der Waals surface area contributed by atoms with Gasteiger partial charge in [0.1, 0.15) is 6.04 Å². The molecular weight excluding hydrogens is 242 g/mol. The summed E-state index contributed by atoms with van der Waals surface area (Å²) in [7, 11) is 0. The molecule has 0 spiro atoms. The second kappa shape index (κ2) is 12.0. The molecule has 0 fully saturated rings. The zero-order valence-electron chi connectivity index (χ0n) is 12.4. The average molecular weight is 271 g/mol. The molecule has 0 heterocycles. The van der Waals surface area contributed by atoms with E-state index in [0.29, 0.717) is 6.42 Å². The van der Waals surface area contributed by atoms with Crippen molar-refractivity contribution < 1.29 is 14.7 Å². The molecule has 1 atom stereocenters. The molecule has 0 aromatic rings. The summed E-state index contributed by atoms with van der Waals surface area (Å²) in [5, 5.41) is 11.4. The van der Waals surface area contributed by atoms with Gasteiger partial charge in [-0.15, -0.1) is 0 Å². The van der Waals surface area contributed by atoms with Crippen LogP contribution in [-0.4, -0.2) is 23.0 Å². The highest BCUT2D eigenvalue weighted by molar-refractivity contribution is 5.81. The number of unbranched alkanes of at least 4 members (excludes halogenated alkanes) is 8. The van der Waals surface area contributed by atoms with Crippen molar-refractivity contribution in [1.82, 2.24) is 5.32 Å². The largest absolute Gasteiger partial charge is 0.480 e. The monoisotopic (exact) mass is 271 g/mol. The van der Waals surface area contributed by atoms with Gasteiger partial charge in [0, 0.05) is 6.92 Å². The van der Waals surface area contributed by atoms with Gasteiger partial charge in [-0.25, -0.2) is 4.79 Å². The minimum absolute atomic E-state index is 0.275. The molecule has 0 rings (SSSR count). The van der Waals surface area contributed by atoms with Crippen LogP contribution in [0.15, 0.2) is 0 Å². The highest BCUT2D eigenvalue weighted by Crippen LogP contribution is 2.11. The third-order valence-electron chi connectivity index (χ3n) is 3.27. The van der Waals surface area contributed by atoms with Crippen LogP contribution in [-0.2, 0) is 9.59 Å². The topological polar surface area (TPSA) is 66.4 Å². The molecule has 0 saturated heterocycles. The van der Waals surface area contributed by atoms with Gasteiger partial charge in [-0.3, -0.25) is 4.79 Å². The van der Waals surface area contributed by atoms with E-state index >= 15 is 0 Å². The van der Waals surface area contributed by atoms with Gasteiger partial charge in [0.25, 0.3) is 0 Å². The average Bonchev–Trinajstić information content (AvgIpc) is 2.34. The van der Waals surface area contributed by atoms with E-state index < -0.39 is 12.0 Å². The highest BCUT2D eigenvalue weighted by Gasteiger charge is 2.17. The zero-order valence-corrected chi connectivity index (χ0v) is 12.4. The zero-order chi connectivity index (χ0) is 14.5. The number of carbonyl (C=O) groups excluding carboxylic acids is 1. The Bertz CT molecular complexity index is 254. The lowest BCUT2D eigenvalue weighted by atomic mass is 10.0. The van der Waals surface area contributed by atoms with Crippen LogP contribution in [0.3, 0.4) is 0 Å². The van der Waals surface area contributed by atoms with E-state index in [1.165, 1.54) is 51.9 Å². The molecule has 1 unspecified atom stereocenters. The van der Waals surface area contributed by atoms with Crippen LogP contribution >= 0.6 is 0 Å². The number of carbonyl (C=O) groups is 2. The Balaban J connectivity index is 3.45. The summed E-state index contributed by atoms with van der Waals surface area (Å²) >= 11 is 0. The summed E-state index contributed by atoms with van der Waals surface area (Å²) < 4.78 is 0. The molecule has 0 saturated carbocycles. The first-order valence-corrected chi connectivity index (χ1v) is 7.57. The van der Waals surface area contributed by atoms with Gasteiger partial charge in [0.15, 0.2) is 0 Å². The third-order valence-corrected chi connectivity index (χ3v) is 3.27. The number of hydrogen-bond donors (Lipinski definition) is 2. The molecule has 4 nitrogen and oxygen atoms in total. The van der Waals surface area contributed by atoms with Crippen molar-refractivity contribution in [2.75, 3.05) is 0 Å². The van der Waals surface area contributed by atoms with Gasteiger partial charge in [-0.1, -0.05) is 64.7 Å². The van der Waals surface area contributed by atoms with E-state index in [0.717, 1.165) is 12.8 Å². The number of nitrogens with one attached hydrogen (secondary N) is 1. The Kier molecular flexibility index (Phi) is 11.3. The first-order valence-electron chi connectivity index (χ1n) is 7.57. The Morgan fingerprint density at radius 3 is 1.84 bits per heavy atom. The summed E-state index contributed by atoms with van der Waals surface area (Å²) in [5.41, 5.74) is 0. The number of aliphatic carboxylic acids is 1. The predicted molar refractivity (Wildman–Crippen MR) is 77.1 cm³/mol. The van der Waals surface area contributed by atoms with Crippen molar-refractivity contribution in [3.8, 4) is 0 Å². The van der Waals surface area contributed by atoms with Crippen molar-refractivity contribution in [3.63, 3.8) is 0 Å². The third kappa shape index (κ3) is 11.7. The number of hydrogen-bond acceptors (Lipinski definition) is 2. The number of amides is 1. The summed E-state index contributed by atoms with van der Waals surface area (Å²) in [4.78, 5) is 21.7. The normalized spacial score (nSPS) is 12.1. The van der Waals surface area contributed by atoms with E-state index in [9.17, 15) is 9.59 Å². The molecule has 4 heteroatoms. The summed E-state index contributed by atoms with van der Waals surface area (Å²) in [6.45, 7) is 3.57. The van der Waals surface area contributed by atoms with E-state index in [-0.39, 0.29) is 5.91 Å². The smallest absolute Gasteiger partial charge is 0.326 e. The Hall–Kier alpha value is -1.06. The molecule has 112 valence electrons. The van der Waals surface area contributed by atoms with Gasteiger partial charge >= 0.3 is 5.97 Å². The maximum atomic E-state index is 10.9. The number of carboxylic acid groups (broad SMARTS) is 1. The maximum Gasteiger partial charge on any atom is 0.326 e. The van der Waals surface area contributed by atoms with Crippen molar-refractivity contribution >= 4 is 11.9 Å². The molecule has 1 amide bonds. The molecule has 0 aliphatic rings. The number of rotatable bonds is 12. The minimum Gasteiger partial charge on any atom is -0.480 e. The SMILES string of the molecule is CCCCCCCCCCCC(NC(C)=O)C(=O)O. The van der Waals surface area contributed by atoms with Crippen LogP contribution in [0.4, 0.5) is 0 Å². The van der Waals surface area contributed by atoms with Gasteiger partial charge in [0.05, 0.1) is 0 Å². The van der Waals surface area contributed by atoms with E-state index in [1.54, 1.807) is 0 Å². The summed E-state index contributed by atoms with van der Waals surface area (Å²) in [6.07, 6.45) is 11.4. The first-order chi connectivity index (χ1) is 9.07. The Morgan fingerprint density at radius 1 is 0.947 bits per heavy atom. The van der Waals surface area contributed by atoms with Gasteiger partial charge in [-0.2, -0.15) is 0 Å². The van der Waals surface area contributed by atoms with Crippen LogP contribution < -0.4 is 5.32 Å². The molecule has 0 aliphatic heterocycles. The van der Waals surface area contributed by atoms with Gasteiger partial charge < -0.3 is 10.4 Å². The molecular formula is C15H29NO3. The fourth-order valence-corrected chi connectivity index (χ4v) is 2.16. The van der Waals surface area contributed by atoms with Crippen LogP contribution in [0.1, 0.15) is 78.1 Å². The van der Waals surface area contributed by atoms with Crippen molar-refractivity contribution in [3.05, 3.63) is 0 Å². The van der Waals surface area contributed by atoms with Crippen molar-refractivity contribution in [2.45, 2.75) is 84.1 Å². The Morgan fingerprint density at radius 2 is 1.42 bits per heavy atom. The standard InChI is InChI=1S/C15H29NO3/c1-3-4-5-6-7-8-9-10-11-12-14(15(18)19)16-13(2)17/h14H,3-12H2,1-2H3,(H,16,17)(H,18,19). The van der Waals surface area contributed by atoms with Gasteiger partial charge in [-0.05, 0) is 6.42 Å². The quantitative estimate of drug-likeness (QED) is 0.534. The first kappa shape index (κ1) is 17.9. The lowest BCUT2D eigenvalue weighted by molar-refractivity contribution is -0.141. The molecule has 2 N–H and O–H groups in total. The number of carboxylic acids is 1. The molecule has 19 heavy (non-hydrogen) atoms. The highest BCUT2D eigenvalue weighted by atomic mass is 16.4. The second-order valence-electron chi connectivity index (χ2n) is 5.21. The summed E-state index contributed by atoms with van der Waals surface area (Å²) in [5.74, 6) is -1.21. The lowest BCUT2D eigenvalue weighted by Crippen LogP contribution is -2.39. The van der Waals surface area contributed by atoms with Crippen LogP contribution in [0.25, 0.3) is 0 Å². The fraction of sp³-hybridized carbons (Fsp3) is 0.867.